The lowest BCUT2D eigenvalue weighted by atomic mass is 10.2. The van der Waals surface area contributed by atoms with Gasteiger partial charge in [0, 0.05) is 30.0 Å². The van der Waals surface area contributed by atoms with Crippen molar-refractivity contribution in [2.75, 3.05) is 5.32 Å². The Labute approximate surface area is 189 Å². The van der Waals surface area contributed by atoms with Gasteiger partial charge in [0.25, 0.3) is 5.56 Å². The number of fused-ring (bicyclic) bond motifs is 1. The Bertz CT molecular complexity index is 1340. The maximum atomic E-state index is 13.0. The molecule has 0 atom stereocenters. The molecule has 2 aromatic carbocycles. The number of rotatable bonds is 7. The van der Waals surface area contributed by atoms with E-state index in [1.54, 1.807) is 21.5 Å². The van der Waals surface area contributed by atoms with Crippen LogP contribution in [0.3, 0.4) is 0 Å². The van der Waals surface area contributed by atoms with Crippen LogP contribution in [0.1, 0.15) is 36.7 Å². The number of benzene rings is 2. The average molecular weight is 448 g/mol. The molecule has 0 saturated heterocycles. The molecule has 1 aliphatic rings. The summed E-state index contributed by atoms with van der Waals surface area (Å²) < 4.78 is 3.51. The molecule has 7 nitrogen and oxygen atoms in total. The van der Waals surface area contributed by atoms with Gasteiger partial charge in [-0.2, -0.15) is 5.10 Å². The minimum absolute atomic E-state index is 0.0189. The molecule has 0 unspecified atom stereocenters. The molecule has 2 heterocycles. The molecule has 0 aliphatic heterocycles. The molecule has 8 heteroatoms. The highest BCUT2D eigenvalue weighted by atomic mass is 35.5. The van der Waals surface area contributed by atoms with E-state index in [0.29, 0.717) is 40.5 Å². The first-order valence-corrected chi connectivity index (χ1v) is 11.0. The predicted octanol–water partition coefficient (Wildman–Crippen LogP) is 4.20. The lowest BCUT2D eigenvalue weighted by molar-refractivity contribution is -0.116. The predicted molar refractivity (Wildman–Crippen MR) is 124 cm³/mol. The van der Waals surface area contributed by atoms with Crippen LogP contribution in [-0.4, -0.2) is 25.2 Å². The van der Waals surface area contributed by atoms with E-state index >= 15 is 0 Å². The van der Waals surface area contributed by atoms with Gasteiger partial charge in [0.05, 0.1) is 23.6 Å². The molecule has 1 fully saturated rings. The molecule has 2 aromatic heterocycles. The molecular formula is C24H22ClN5O2. The highest BCUT2D eigenvalue weighted by molar-refractivity contribution is 6.30. The Balaban J connectivity index is 1.30. The first-order valence-electron chi connectivity index (χ1n) is 10.6. The number of carbonyl (C=O) groups is 1. The van der Waals surface area contributed by atoms with Crippen LogP contribution in [-0.2, 0) is 17.8 Å². The van der Waals surface area contributed by atoms with Crippen LogP contribution in [0.2, 0.25) is 5.02 Å². The summed E-state index contributed by atoms with van der Waals surface area (Å²) in [7, 11) is 0. The first kappa shape index (κ1) is 20.5. The normalized spacial score (nSPS) is 13.4. The average Bonchev–Trinajstić information content (AvgIpc) is 3.54. The summed E-state index contributed by atoms with van der Waals surface area (Å²) in [6.45, 7) is 0.521. The van der Waals surface area contributed by atoms with Gasteiger partial charge >= 0.3 is 0 Å². The van der Waals surface area contributed by atoms with Gasteiger partial charge in [0.15, 0.2) is 0 Å². The van der Waals surface area contributed by atoms with Crippen molar-refractivity contribution in [3.05, 3.63) is 87.6 Å². The van der Waals surface area contributed by atoms with E-state index in [-0.39, 0.29) is 23.9 Å². The van der Waals surface area contributed by atoms with Crippen LogP contribution in [0, 0.1) is 0 Å². The van der Waals surface area contributed by atoms with Gasteiger partial charge in [-0.15, -0.1) is 0 Å². The van der Waals surface area contributed by atoms with Crippen molar-refractivity contribution in [1.82, 2.24) is 19.3 Å². The Morgan fingerprint density at radius 2 is 1.88 bits per heavy atom. The molecule has 1 amide bonds. The van der Waals surface area contributed by atoms with E-state index in [1.165, 1.54) is 0 Å². The minimum Gasteiger partial charge on any atom is -0.311 e. The number of aryl methyl sites for hydroxylation is 1. The van der Waals surface area contributed by atoms with Crippen LogP contribution in [0.15, 0.2) is 65.6 Å². The molecule has 4 aromatic rings. The van der Waals surface area contributed by atoms with E-state index in [9.17, 15) is 9.59 Å². The standard InChI is InChI=1S/C24H22ClN5O2/c25-17-7-5-16(6-8-17)15-29-21(13-14-26-29)28-23(31)12-11-22-27-20-4-2-1-3-19(20)24(32)30(22)18-9-10-18/h1-8,13-14,18H,9-12,15H2,(H,28,31). The van der Waals surface area contributed by atoms with Gasteiger partial charge < -0.3 is 5.32 Å². The van der Waals surface area contributed by atoms with Crippen LogP contribution in [0.25, 0.3) is 10.9 Å². The molecule has 162 valence electrons. The van der Waals surface area contributed by atoms with E-state index in [0.717, 1.165) is 18.4 Å². The minimum atomic E-state index is -0.146. The molecule has 5 rings (SSSR count). The van der Waals surface area contributed by atoms with E-state index in [4.69, 9.17) is 16.6 Å². The third-order valence-corrected chi connectivity index (χ3v) is 5.85. The SMILES string of the molecule is O=C(CCc1nc2ccccc2c(=O)n1C1CC1)Nc1ccnn1Cc1ccc(Cl)cc1. The van der Waals surface area contributed by atoms with Crippen molar-refractivity contribution in [3.8, 4) is 0 Å². The second-order valence-electron chi connectivity index (χ2n) is 8.00. The zero-order valence-corrected chi connectivity index (χ0v) is 18.1. The molecule has 0 spiro atoms. The Morgan fingerprint density at radius 1 is 1.09 bits per heavy atom. The van der Waals surface area contributed by atoms with Crippen molar-refractivity contribution >= 4 is 34.2 Å². The maximum Gasteiger partial charge on any atom is 0.261 e. The largest absolute Gasteiger partial charge is 0.311 e. The molecule has 32 heavy (non-hydrogen) atoms. The second-order valence-corrected chi connectivity index (χ2v) is 8.44. The smallest absolute Gasteiger partial charge is 0.261 e. The summed E-state index contributed by atoms with van der Waals surface area (Å²) in [4.78, 5) is 30.4. The van der Waals surface area contributed by atoms with Crippen molar-refractivity contribution in [2.24, 2.45) is 0 Å². The summed E-state index contributed by atoms with van der Waals surface area (Å²) in [5.41, 5.74) is 1.68. The summed E-state index contributed by atoms with van der Waals surface area (Å²) in [5.74, 6) is 1.14. The Morgan fingerprint density at radius 3 is 2.66 bits per heavy atom. The highest BCUT2D eigenvalue weighted by Gasteiger charge is 2.28. The number of anilines is 1. The van der Waals surface area contributed by atoms with Crippen LogP contribution >= 0.6 is 11.6 Å². The fourth-order valence-electron chi connectivity index (χ4n) is 3.84. The number of nitrogens with zero attached hydrogens (tertiary/aromatic N) is 4. The molecule has 0 bridgehead atoms. The number of hydrogen-bond acceptors (Lipinski definition) is 4. The third-order valence-electron chi connectivity index (χ3n) is 5.60. The third kappa shape index (κ3) is 4.29. The summed E-state index contributed by atoms with van der Waals surface area (Å²) in [6.07, 6.45) is 4.23. The molecule has 1 N–H and O–H groups in total. The van der Waals surface area contributed by atoms with Crippen molar-refractivity contribution in [3.63, 3.8) is 0 Å². The topological polar surface area (TPSA) is 81.8 Å². The number of nitrogens with one attached hydrogen (secondary N) is 1. The number of aromatic nitrogens is 4. The quantitative estimate of drug-likeness (QED) is 0.460. The van der Waals surface area contributed by atoms with Gasteiger partial charge in [-0.1, -0.05) is 35.9 Å². The lowest BCUT2D eigenvalue weighted by Gasteiger charge is -2.13. The van der Waals surface area contributed by atoms with Gasteiger partial charge in [-0.05, 0) is 42.7 Å². The molecule has 1 aliphatic carbocycles. The second kappa shape index (κ2) is 8.59. The van der Waals surface area contributed by atoms with Gasteiger partial charge in [-0.3, -0.25) is 14.2 Å². The maximum absolute atomic E-state index is 13.0. The number of halogens is 1. The lowest BCUT2D eigenvalue weighted by Crippen LogP contribution is -2.26. The van der Waals surface area contributed by atoms with E-state index in [2.05, 4.69) is 10.4 Å². The van der Waals surface area contributed by atoms with Crippen molar-refractivity contribution < 1.29 is 4.79 Å². The number of amides is 1. The van der Waals surface area contributed by atoms with E-state index < -0.39 is 0 Å². The highest BCUT2D eigenvalue weighted by Crippen LogP contribution is 2.35. The zero-order chi connectivity index (χ0) is 22.1. The number of hydrogen-bond donors (Lipinski definition) is 1. The molecular weight excluding hydrogens is 426 g/mol. The van der Waals surface area contributed by atoms with Crippen LogP contribution < -0.4 is 10.9 Å². The van der Waals surface area contributed by atoms with E-state index in [1.807, 2.05) is 48.5 Å². The van der Waals surface area contributed by atoms with Gasteiger partial charge in [0.2, 0.25) is 5.91 Å². The van der Waals surface area contributed by atoms with Gasteiger partial charge in [-0.25, -0.2) is 9.67 Å². The summed E-state index contributed by atoms with van der Waals surface area (Å²) in [5, 5.41) is 8.54. The number of para-hydroxylation sites is 1. The fourth-order valence-corrected chi connectivity index (χ4v) is 3.96. The van der Waals surface area contributed by atoms with Crippen LogP contribution in [0.4, 0.5) is 5.82 Å². The summed E-state index contributed by atoms with van der Waals surface area (Å²) in [6, 6.07) is 16.8. The van der Waals surface area contributed by atoms with Crippen LogP contribution in [0.5, 0.6) is 0 Å². The number of carbonyl (C=O) groups excluding carboxylic acids is 1. The monoisotopic (exact) mass is 447 g/mol. The van der Waals surface area contributed by atoms with Gasteiger partial charge in [0.1, 0.15) is 11.6 Å². The van der Waals surface area contributed by atoms with Crippen molar-refractivity contribution in [1.29, 1.82) is 0 Å². The Kier molecular flexibility index (Phi) is 5.49. The zero-order valence-electron chi connectivity index (χ0n) is 17.4. The fraction of sp³-hybridized carbons (Fsp3) is 0.250. The summed E-state index contributed by atoms with van der Waals surface area (Å²) >= 11 is 5.95. The Hall–Kier alpha value is -3.45. The molecule has 1 saturated carbocycles. The molecule has 0 radical (unpaired) electrons. The van der Waals surface area contributed by atoms with Crippen molar-refractivity contribution in [2.45, 2.75) is 38.3 Å². The first-order chi connectivity index (χ1) is 15.6.